The molecule has 32 heavy (non-hydrogen) atoms. The van der Waals surface area contributed by atoms with Crippen LogP contribution in [0.5, 0.6) is 5.75 Å². The van der Waals surface area contributed by atoms with Gasteiger partial charge in [-0.2, -0.15) is 0 Å². The number of tetrazole rings is 1. The van der Waals surface area contributed by atoms with E-state index in [4.69, 9.17) is 14.2 Å². The van der Waals surface area contributed by atoms with Crippen molar-refractivity contribution >= 4 is 5.97 Å². The highest BCUT2D eigenvalue weighted by molar-refractivity contribution is 5.89. The fraction of sp³-hybridized carbons (Fsp3) is 0.391. The lowest BCUT2D eigenvalue weighted by Gasteiger charge is -2.41. The Hall–Kier alpha value is -3.30. The van der Waals surface area contributed by atoms with Gasteiger partial charge in [0.2, 0.25) is 0 Å². The zero-order valence-electron chi connectivity index (χ0n) is 18.2. The molecule has 0 amide bonds. The van der Waals surface area contributed by atoms with Crippen LogP contribution in [0.1, 0.15) is 41.7 Å². The fourth-order valence-corrected chi connectivity index (χ4v) is 3.85. The van der Waals surface area contributed by atoms with E-state index in [9.17, 15) is 9.90 Å². The maximum atomic E-state index is 12.5. The molecule has 2 aromatic carbocycles. The third-order valence-corrected chi connectivity index (χ3v) is 5.95. The third kappa shape index (κ3) is 4.49. The number of esters is 1. The molecule has 0 saturated carbocycles. The Morgan fingerprint density at radius 1 is 1.09 bits per heavy atom. The molecule has 0 aliphatic carbocycles. The van der Waals surface area contributed by atoms with Crippen LogP contribution in [0.4, 0.5) is 0 Å². The smallest absolute Gasteiger partial charge is 0.338 e. The van der Waals surface area contributed by atoms with Crippen LogP contribution < -0.4 is 4.74 Å². The van der Waals surface area contributed by atoms with Crippen molar-refractivity contribution in [3.8, 4) is 5.75 Å². The van der Waals surface area contributed by atoms with Crippen LogP contribution in [0.2, 0.25) is 0 Å². The Labute approximate surface area is 185 Å². The summed E-state index contributed by atoms with van der Waals surface area (Å²) < 4.78 is 18.3. The van der Waals surface area contributed by atoms with Gasteiger partial charge in [0.15, 0.2) is 18.2 Å². The van der Waals surface area contributed by atoms with Crippen molar-refractivity contribution < 1.29 is 24.1 Å². The number of benzene rings is 2. The van der Waals surface area contributed by atoms with Crippen LogP contribution in [-0.4, -0.2) is 50.8 Å². The Bertz CT molecular complexity index is 1040. The highest BCUT2D eigenvalue weighted by Gasteiger charge is 2.45. The molecule has 3 aromatic rings. The van der Waals surface area contributed by atoms with E-state index in [0.717, 1.165) is 11.3 Å². The number of aliphatic hydroxyl groups excluding tert-OH is 1. The number of aliphatic hydroxyl groups is 1. The van der Waals surface area contributed by atoms with Gasteiger partial charge in [-0.05, 0) is 46.2 Å². The SMILES string of the molecule is COc1ccc(Cn2nnnc2C2OC(O)C(OC(=O)c3ccccc3)[C@@H](C)[C@@H]2C)cc1. The van der Waals surface area contributed by atoms with Gasteiger partial charge < -0.3 is 19.3 Å². The molecular formula is C23H26N4O5. The highest BCUT2D eigenvalue weighted by Crippen LogP contribution is 2.40. The summed E-state index contributed by atoms with van der Waals surface area (Å²) in [5, 5.41) is 22.7. The maximum absolute atomic E-state index is 12.5. The molecule has 1 saturated heterocycles. The lowest BCUT2D eigenvalue weighted by molar-refractivity contribution is -0.254. The predicted octanol–water partition coefficient (Wildman–Crippen LogP) is 2.62. The Kier molecular flexibility index (Phi) is 6.48. The maximum Gasteiger partial charge on any atom is 0.338 e. The average Bonchev–Trinajstić information content (AvgIpc) is 3.27. The van der Waals surface area contributed by atoms with Crippen molar-refractivity contribution in [2.24, 2.45) is 11.8 Å². The van der Waals surface area contributed by atoms with Gasteiger partial charge in [0.05, 0.1) is 19.2 Å². The summed E-state index contributed by atoms with van der Waals surface area (Å²) in [5.74, 6) is 0.463. The lowest BCUT2D eigenvalue weighted by atomic mass is 9.83. The van der Waals surface area contributed by atoms with Crippen molar-refractivity contribution in [2.45, 2.75) is 38.9 Å². The number of hydrogen-bond donors (Lipinski definition) is 1. The monoisotopic (exact) mass is 438 g/mol. The Morgan fingerprint density at radius 2 is 1.81 bits per heavy atom. The van der Waals surface area contributed by atoms with Gasteiger partial charge in [0.1, 0.15) is 11.9 Å². The fourth-order valence-electron chi connectivity index (χ4n) is 3.85. The van der Waals surface area contributed by atoms with Gasteiger partial charge in [0.25, 0.3) is 0 Å². The molecule has 1 aromatic heterocycles. The molecule has 5 atom stereocenters. The summed E-state index contributed by atoms with van der Waals surface area (Å²) in [6, 6.07) is 16.3. The van der Waals surface area contributed by atoms with E-state index >= 15 is 0 Å². The summed E-state index contributed by atoms with van der Waals surface area (Å²) in [6.07, 6.45) is -2.66. The van der Waals surface area contributed by atoms with Gasteiger partial charge in [-0.25, -0.2) is 9.48 Å². The second-order valence-electron chi connectivity index (χ2n) is 7.94. The average molecular weight is 438 g/mol. The van der Waals surface area contributed by atoms with Crippen molar-refractivity contribution in [1.82, 2.24) is 20.2 Å². The molecule has 0 bridgehead atoms. The summed E-state index contributed by atoms with van der Waals surface area (Å²) >= 11 is 0. The number of ether oxygens (including phenoxy) is 3. The zero-order chi connectivity index (χ0) is 22.7. The van der Waals surface area contributed by atoms with E-state index < -0.39 is 24.5 Å². The zero-order valence-corrected chi connectivity index (χ0v) is 18.2. The first-order valence-corrected chi connectivity index (χ1v) is 10.5. The number of methoxy groups -OCH3 is 1. The van der Waals surface area contributed by atoms with Crippen LogP contribution in [-0.2, 0) is 16.0 Å². The van der Waals surface area contributed by atoms with Crippen LogP contribution >= 0.6 is 0 Å². The first kappa shape index (κ1) is 21.9. The van der Waals surface area contributed by atoms with E-state index in [1.165, 1.54) is 0 Å². The van der Waals surface area contributed by atoms with Crippen molar-refractivity contribution in [2.75, 3.05) is 7.11 Å². The molecule has 9 nitrogen and oxygen atoms in total. The number of hydrogen-bond acceptors (Lipinski definition) is 8. The van der Waals surface area contributed by atoms with E-state index in [1.807, 2.05) is 44.2 Å². The summed E-state index contributed by atoms with van der Waals surface area (Å²) in [5.41, 5.74) is 1.41. The number of aromatic nitrogens is 4. The van der Waals surface area contributed by atoms with E-state index in [-0.39, 0.29) is 11.8 Å². The topological polar surface area (TPSA) is 109 Å². The van der Waals surface area contributed by atoms with Crippen molar-refractivity contribution in [3.63, 3.8) is 0 Å². The van der Waals surface area contributed by atoms with Gasteiger partial charge in [-0.15, -0.1) is 5.10 Å². The van der Waals surface area contributed by atoms with E-state index in [1.54, 1.807) is 36.1 Å². The molecule has 168 valence electrons. The molecule has 1 aliphatic heterocycles. The van der Waals surface area contributed by atoms with E-state index in [2.05, 4.69) is 15.5 Å². The number of carbonyl (C=O) groups excluding carboxylic acids is 1. The molecule has 1 N–H and O–H groups in total. The molecule has 4 rings (SSSR count). The van der Waals surface area contributed by atoms with Crippen LogP contribution in [0.25, 0.3) is 0 Å². The van der Waals surface area contributed by atoms with Gasteiger partial charge in [0, 0.05) is 5.92 Å². The first-order chi connectivity index (χ1) is 15.5. The van der Waals surface area contributed by atoms with E-state index in [0.29, 0.717) is 17.9 Å². The lowest BCUT2D eigenvalue weighted by Crippen LogP contribution is -2.48. The van der Waals surface area contributed by atoms with Gasteiger partial charge >= 0.3 is 5.97 Å². The molecule has 0 spiro atoms. The largest absolute Gasteiger partial charge is 0.497 e. The minimum absolute atomic E-state index is 0.118. The summed E-state index contributed by atoms with van der Waals surface area (Å²) in [6.45, 7) is 4.33. The standard InChI is InChI=1S/C23H26N4O5/c1-14-15(2)20(32-22(28)17-7-5-4-6-8-17)23(29)31-19(14)21-24-25-26-27(21)13-16-9-11-18(30-3)12-10-16/h4-12,14-15,19-20,23,29H,13H2,1-3H3/t14-,15-,19?,20?,23?/m0/s1. The van der Waals surface area contributed by atoms with Crippen molar-refractivity contribution in [3.05, 3.63) is 71.5 Å². The number of rotatable bonds is 6. The number of nitrogens with zero attached hydrogens (tertiary/aromatic N) is 4. The van der Waals surface area contributed by atoms with Crippen LogP contribution in [0, 0.1) is 11.8 Å². The van der Waals surface area contributed by atoms with Crippen molar-refractivity contribution in [1.29, 1.82) is 0 Å². The highest BCUT2D eigenvalue weighted by atomic mass is 16.7. The minimum Gasteiger partial charge on any atom is -0.497 e. The van der Waals surface area contributed by atoms with Crippen LogP contribution in [0.15, 0.2) is 54.6 Å². The summed E-state index contributed by atoms with van der Waals surface area (Å²) in [7, 11) is 1.62. The molecule has 2 heterocycles. The summed E-state index contributed by atoms with van der Waals surface area (Å²) in [4.78, 5) is 12.5. The first-order valence-electron chi connectivity index (χ1n) is 10.5. The molecular weight excluding hydrogens is 412 g/mol. The molecule has 0 radical (unpaired) electrons. The number of carbonyl (C=O) groups is 1. The normalized spacial score (nSPS) is 25.3. The second kappa shape index (κ2) is 9.46. The Morgan fingerprint density at radius 3 is 2.50 bits per heavy atom. The molecule has 3 unspecified atom stereocenters. The predicted molar refractivity (Wildman–Crippen MR) is 114 cm³/mol. The minimum atomic E-state index is -1.30. The van der Waals surface area contributed by atoms with Crippen LogP contribution in [0.3, 0.4) is 0 Å². The van der Waals surface area contributed by atoms with Gasteiger partial charge in [-0.3, -0.25) is 0 Å². The quantitative estimate of drug-likeness (QED) is 0.585. The molecule has 9 heteroatoms. The second-order valence-corrected chi connectivity index (χ2v) is 7.94. The Balaban J connectivity index is 1.48. The molecule has 1 fully saturated rings. The molecule has 1 aliphatic rings. The third-order valence-electron chi connectivity index (χ3n) is 5.95. The van der Waals surface area contributed by atoms with Gasteiger partial charge in [-0.1, -0.05) is 44.2 Å².